The predicted molar refractivity (Wildman–Crippen MR) is 190 cm³/mol. The molecule has 0 aliphatic heterocycles. The number of methoxy groups -OCH3 is 1. The highest BCUT2D eigenvalue weighted by Crippen LogP contribution is 2.34. The molecule has 2 heteroatoms. The molecule has 0 spiro atoms. The Balaban J connectivity index is 2.57. The molecule has 0 N–H and O–H groups in total. The molecule has 234 valence electrons. The van der Waals surface area contributed by atoms with E-state index in [1.807, 2.05) is 45.1 Å². The molecule has 43 heavy (non-hydrogen) atoms. The standard InChI is InChI=1S/C41H58O2/c1-31(19-14-21-33(3)23-16-24-36(6)40(42)29-30-41(9,10)43-11)17-12-13-18-32(2)20-15-22-34(4)25-27-39-28-26-35(5)37(7)38(39)8/h12-25,27-28,35,37-38H,26,29-30H2,1-11H3/b13-12+,19-14+,20-15+,23-16+,27-25+,31-17+,32-18+,33-21+,34-22+,36-24+. The van der Waals surface area contributed by atoms with Crippen LogP contribution in [0, 0.1) is 17.8 Å². The summed E-state index contributed by atoms with van der Waals surface area (Å²) in [7, 11) is 1.68. The third-order valence-corrected chi connectivity index (χ3v) is 8.39. The van der Waals surface area contributed by atoms with E-state index in [2.05, 4.69) is 121 Å². The van der Waals surface area contributed by atoms with E-state index >= 15 is 0 Å². The summed E-state index contributed by atoms with van der Waals surface area (Å²) in [5.74, 6) is 2.29. The topological polar surface area (TPSA) is 26.3 Å². The Morgan fingerprint density at radius 2 is 1.23 bits per heavy atom. The monoisotopic (exact) mass is 582 g/mol. The van der Waals surface area contributed by atoms with Crippen molar-refractivity contribution in [2.45, 2.75) is 94.1 Å². The van der Waals surface area contributed by atoms with Gasteiger partial charge in [0, 0.05) is 13.5 Å². The third kappa shape index (κ3) is 16.3. The molecule has 2 nitrogen and oxygen atoms in total. The zero-order valence-electron chi connectivity index (χ0n) is 28.9. The van der Waals surface area contributed by atoms with Gasteiger partial charge in [-0.15, -0.1) is 0 Å². The van der Waals surface area contributed by atoms with E-state index in [0.29, 0.717) is 18.8 Å². The van der Waals surface area contributed by atoms with Gasteiger partial charge in [0.25, 0.3) is 0 Å². The lowest BCUT2D eigenvalue weighted by Gasteiger charge is -2.31. The van der Waals surface area contributed by atoms with E-state index in [-0.39, 0.29) is 11.4 Å². The molecule has 0 aromatic rings. The largest absolute Gasteiger partial charge is 0.379 e. The van der Waals surface area contributed by atoms with E-state index in [0.717, 1.165) is 23.0 Å². The fraction of sp³-hybridized carbons (Fsp3) is 0.439. The maximum absolute atomic E-state index is 12.3. The fourth-order valence-electron chi connectivity index (χ4n) is 4.46. The third-order valence-electron chi connectivity index (χ3n) is 8.39. The van der Waals surface area contributed by atoms with Crippen molar-refractivity contribution in [1.29, 1.82) is 0 Å². The first-order valence-corrected chi connectivity index (χ1v) is 15.8. The average Bonchev–Trinajstić information content (AvgIpc) is 2.96. The minimum absolute atomic E-state index is 0.160. The van der Waals surface area contributed by atoms with Gasteiger partial charge in [-0.25, -0.2) is 0 Å². The van der Waals surface area contributed by atoms with E-state index in [4.69, 9.17) is 4.74 Å². The van der Waals surface area contributed by atoms with Crippen LogP contribution in [0.5, 0.6) is 0 Å². The molecule has 0 bridgehead atoms. The number of carbonyl (C=O) groups is 1. The Kier molecular flexibility index (Phi) is 17.5. The normalized spacial score (nSPS) is 22.3. The van der Waals surface area contributed by atoms with E-state index in [9.17, 15) is 4.79 Å². The van der Waals surface area contributed by atoms with Crippen molar-refractivity contribution in [3.05, 3.63) is 131 Å². The van der Waals surface area contributed by atoms with Crippen LogP contribution in [-0.4, -0.2) is 18.5 Å². The Morgan fingerprint density at radius 1 is 0.767 bits per heavy atom. The molecule has 3 atom stereocenters. The molecule has 0 aromatic heterocycles. The van der Waals surface area contributed by atoms with Crippen LogP contribution in [0.3, 0.4) is 0 Å². The highest BCUT2D eigenvalue weighted by molar-refractivity contribution is 5.95. The maximum Gasteiger partial charge on any atom is 0.158 e. The highest BCUT2D eigenvalue weighted by atomic mass is 16.5. The first kappa shape index (κ1) is 37.8. The molecule has 0 fully saturated rings. The summed E-state index contributed by atoms with van der Waals surface area (Å²) in [4.78, 5) is 12.3. The molecular weight excluding hydrogens is 524 g/mol. The van der Waals surface area contributed by atoms with Crippen LogP contribution in [0.4, 0.5) is 0 Å². The van der Waals surface area contributed by atoms with Crippen LogP contribution in [0.1, 0.15) is 88.5 Å². The van der Waals surface area contributed by atoms with Gasteiger partial charge in [-0.3, -0.25) is 4.79 Å². The predicted octanol–water partition coefficient (Wildman–Crippen LogP) is 11.5. The molecule has 1 rings (SSSR count). The summed E-state index contributed by atoms with van der Waals surface area (Å²) in [6, 6.07) is 0. The van der Waals surface area contributed by atoms with Crippen LogP contribution >= 0.6 is 0 Å². The second-order valence-electron chi connectivity index (χ2n) is 12.7. The lowest BCUT2D eigenvalue weighted by Crippen LogP contribution is -2.23. The number of hydrogen-bond acceptors (Lipinski definition) is 2. The lowest BCUT2D eigenvalue weighted by molar-refractivity contribution is -0.116. The molecule has 0 heterocycles. The van der Waals surface area contributed by atoms with Gasteiger partial charge in [-0.05, 0) is 90.2 Å². The number of hydrogen-bond donors (Lipinski definition) is 0. The summed E-state index contributed by atoms with van der Waals surface area (Å²) in [5.41, 5.74) is 6.70. The molecule has 0 saturated carbocycles. The van der Waals surface area contributed by atoms with Gasteiger partial charge >= 0.3 is 0 Å². The number of Topliss-reactive ketones (excluding diaryl/α,β-unsaturated/α-hetero) is 1. The van der Waals surface area contributed by atoms with Crippen molar-refractivity contribution in [3.8, 4) is 0 Å². The second kappa shape index (κ2) is 19.9. The number of carbonyl (C=O) groups excluding carboxylic acids is 1. The minimum Gasteiger partial charge on any atom is -0.379 e. The smallest absolute Gasteiger partial charge is 0.158 e. The Labute approximate surface area is 264 Å². The van der Waals surface area contributed by atoms with E-state index < -0.39 is 0 Å². The Hall–Kier alpha value is -3.23. The van der Waals surface area contributed by atoms with Crippen molar-refractivity contribution in [3.63, 3.8) is 0 Å². The first-order valence-electron chi connectivity index (χ1n) is 15.8. The van der Waals surface area contributed by atoms with Gasteiger partial charge in [-0.2, -0.15) is 0 Å². The van der Waals surface area contributed by atoms with Crippen LogP contribution < -0.4 is 0 Å². The van der Waals surface area contributed by atoms with Gasteiger partial charge in [-0.1, -0.05) is 140 Å². The zero-order valence-corrected chi connectivity index (χ0v) is 28.9. The lowest BCUT2D eigenvalue weighted by atomic mass is 9.74. The zero-order chi connectivity index (χ0) is 32.4. The van der Waals surface area contributed by atoms with Gasteiger partial charge in [0.15, 0.2) is 5.78 Å². The molecule has 0 aromatic carbocycles. The molecule has 3 unspecified atom stereocenters. The van der Waals surface area contributed by atoms with Gasteiger partial charge in [0.1, 0.15) is 0 Å². The first-order chi connectivity index (χ1) is 20.3. The van der Waals surface area contributed by atoms with Crippen LogP contribution in [0.15, 0.2) is 131 Å². The molecule has 0 saturated heterocycles. The maximum atomic E-state index is 12.3. The highest BCUT2D eigenvalue weighted by Gasteiger charge is 2.24. The summed E-state index contributed by atoms with van der Waals surface area (Å²) >= 11 is 0. The van der Waals surface area contributed by atoms with Crippen molar-refractivity contribution in [1.82, 2.24) is 0 Å². The number of ether oxygens (including phenoxy) is 1. The second-order valence-corrected chi connectivity index (χ2v) is 12.7. The fourth-order valence-corrected chi connectivity index (χ4v) is 4.46. The van der Waals surface area contributed by atoms with Crippen molar-refractivity contribution in [2.24, 2.45) is 17.8 Å². The summed E-state index contributed by atoms with van der Waals surface area (Å²) in [6.45, 7) is 21.4. The summed E-state index contributed by atoms with van der Waals surface area (Å²) in [6.07, 6.45) is 36.2. The van der Waals surface area contributed by atoms with E-state index in [1.54, 1.807) is 7.11 Å². The molecule has 1 aliphatic rings. The van der Waals surface area contributed by atoms with Crippen molar-refractivity contribution >= 4 is 5.78 Å². The number of ketones is 1. The Morgan fingerprint density at radius 3 is 1.74 bits per heavy atom. The summed E-state index contributed by atoms with van der Waals surface area (Å²) in [5, 5.41) is 0. The SMILES string of the molecule is COC(C)(C)CCC(=O)/C(C)=C/C=C/C(C)=C/C=C/C(C)=C/C=C/C=C(C)/C=C/C=C(C)/C=C/C1=CCC(C)C(C)C1C. The van der Waals surface area contributed by atoms with Crippen LogP contribution in [0.25, 0.3) is 0 Å². The van der Waals surface area contributed by atoms with Crippen molar-refractivity contribution < 1.29 is 9.53 Å². The number of allylic oxidation sites excluding steroid dienone is 22. The molecular formula is C41H58O2. The quantitative estimate of drug-likeness (QED) is 0.142. The van der Waals surface area contributed by atoms with Gasteiger partial charge in [0.05, 0.1) is 5.60 Å². The molecule has 1 aliphatic carbocycles. The molecule has 0 radical (unpaired) electrons. The average molecular weight is 583 g/mol. The van der Waals surface area contributed by atoms with Gasteiger partial charge in [0.2, 0.25) is 0 Å². The summed E-state index contributed by atoms with van der Waals surface area (Å²) < 4.78 is 5.40. The van der Waals surface area contributed by atoms with Gasteiger partial charge < -0.3 is 4.74 Å². The van der Waals surface area contributed by atoms with Crippen LogP contribution in [-0.2, 0) is 9.53 Å². The minimum atomic E-state index is -0.272. The Bertz CT molecular complexity index is 1240. The van der Waals surface area contributed by atoms with Crippen molar-refractivity contribution in [2.75, 3.05) is 7.11 Å². The number of rotatable bonds is 15. The van der Waals surface area contributed by atoms with E-state index in [1.165, 1.54) is 28.7 Å². The van der Waals surface area contributed by atoms with Crippen LogP contribution in [0.2, 0.25) is 0 Å². The molecule has 0 amide bonds.